The maximum Gasteiger partial charge on any atom is 0.147 e. The molecule has 0 aromatic heterocycles. The van der Waals surface area contributed by atoms with Gasteiger partial charge < -0.3 is 9.47 Å². The van der Waals surface area contributed by atoms with E-state index in [4.69, 9.17) is 21.7 Å². The predicted molar refractivity (Wildman–Crippen MR) is 67.2 cm³/mol. The molecule has 0 atom stereocenters. The van der Waals surface area contributed by atoms with Crippen molar-refractivity contribution in [3.8, 4) is 0 Å². The van der Waals surface area contributed by atoms with Crippen LogP contribution >= 0.6 is 24.8 Å². The molecule has 0 spiro atoms. The average molecular weight is 250 g/mol. The molecule has 0 N–H and O–H groups in total. The van der Waals surface area contributed by atoms with Gasteiger partial charge in [0.1, 0.15) is 4.32 Å². The third-order valence-corrected chi connectivity index (χ3v) is 2.64. The van der Waals surface area contributed by atoms with E-state index in [0.717, 1.165) is 39.5 Å². The summed E-state index contributed by atoms with van der Waals surface area (Å²) in [6.45, 7) is 7.39. The third kappa shape index (κ3) is 4.65. The molecule has 1 saturated heterocycles. The minimum absolute atomic E-state index is 0.594. The summed E-state index contributed by atoms with van der Waals surface area (Å²) in [5.74, 6) is 0. The molecule has 0 unspecified atom stereocenters. The number of hydrazine groups is 1. The number of rotatable bonds is 5. The van der Waals surface area contributed by atoms with Gasteiger partial charge in [-0.1, -0.05) is 12.2 Å². The zero-order valence-electron chi connectivity index (χ0n) is 9.02. The Morgan fingerprint density at radius 3 is 2.73 bits per heavy atom. The number of thiocarbonyl (C=S) groups is 1. The molecule has 0 aliphatic carbocycles. The first-order chi connectivity index (χ1) is 7.25. The smallest absolute Gasteiger partial charge is 0.147 e. The monoisotopic (exact) mass is 250 g/mol. The second kappa shape index (κ2) is 7.40. The maximum atomic E-state index is 5.31. The largest absolute Gasteiger partial charge is 0.380 e. The van der Waals surface area contributed by atoms with Crippen LogP contribution < -0.4 is 0 Å². The molecule has 0 bridgehead atoms. The zero-order chi connectivity index (χ0) is 11.1. The Labute approximate surface area is 102 Å². The predicted octanol–water partition coefficient (Wildman–Crippen LogP) is 0.787. The van der Waals surface area contributed by atoms with Crippen molar-refractivity contribution in [2.75, 3.05) is 46.1 Å². The van der Waals surface area contributed by atoms with Crippen LogP contribution in [0, 0.1) is 0 Å². The lowest BCUT2D eigenvalue weighted by Gasteiger charge is -2.37. The maximum absolute atomic E-state index is 5.31. The van der Waals surface area contributed by atoms with Crippen molar-refractivity contribution >= 4 is 29.2 Å². The van der Waals surface area contributed by atoms with E-state index in [2.05, 4.69) is 17.6 Å². The molecule has 1 fully saturated rings. The van der Waals surface area contributed by atoms with Gasteiger partial charge in [-0.2, -0.15) is 0 Å². The summed E-state index contributed by atoms with van der Waals surface area (Å²) < 4.78 is 11.2. The van der Waals surface area contributed by atoms with Crippen LogP contribution in [0.2, 0.25) is 0 Å². The van der Waals surface area contributed by atoms with Crippen molar-refractivity contribution in [3.63, 3.8) is 0 Å². The topological polar surface area (TPSA) is 24.9 Å². The molecular formula is C9H18N2O2S2. The highest BCUT2D eigenvalue weighted by Crippen LogP contribution is 2.06. The first-order valence-electron chi connectivity index (χ1n) is 5.16. The normalized spacial score (nSPS) is 17.7. The molecule has 15 heavy (non-hydrogen) atoms. The Balaban J connectivity index is 2.37. The minimum atomic E-state index is 0.594. The van der Waals surface area contributed by atoms with Gasteiger partial charge in [-0.25, -0.2) is 5.01 Å². The van der Waals surface area contributed by atoms with Crippen molar-refractivity contribution in [3.05, 3.63) is 0 Å². The Hall–Kier alpha value is 0.120. The lowest BCUT2D eigenvalue weighted by atomic mass is 10.5. The molecule has 0 radical (unpaired) electrons. The molecule has 1 rings (SSSR count). The van der Waals surface area contributed by atoms with Crippen molar-refractivity contribution in [2.45, 2.75) is 6.92 Å². The standard InChI is InChI=1S/C9H18N2O2S2/c1-2-12-8-5-11(9(14)15)10-3-6-13-7-4-10/h2-8H2,1H3,(H,14,15). The fourth-order valence-electron chi connectivity index (χ4n) is 1.45. The van der Waals surface area contributed by atoms with E-state index < -0.39 is 0 Å². The second-order valence-electron chi connectivity index (χ2n) is 3.17. The summed E-state index contributed by atoms with van der Waals surface area (Å²) in [5.41, 5.74) is 0. The average Bonchev–Trinajstić information content (AvgIpc) is 2.25. The summed E-state index contributed by atoms with van der Waals surface area (Å²) in [4.78, 5) is 0. The lowest BCUT2D eigenvalue weighted by Crippen LogP contribution is -2.50. The Morgan fingerprint density at radius 1 is 1.53 bits per heavy atom. The van der Waals surface area contributed by atoms with Gasteiger partial charge in [0, 0.05) is 19.7 Å². The second-order valence-corrected chi connectivity index (χ2v) is 4.28. The molecule has 0 amide bonds. The number of morpholine rings is 1. The van der Waals surface area contributed by atoms with Crippen molar-refractivity contribution in [1.82, 2.24) is 10.0 Å². The summed E-state index contributed by atoms with van der Waals surface area (Å²) in [6.07, 6.45) is 0. The molecule has 0 aromatic rings. The van der Waals surface area contributed by atoms with Crippen LogP contribution in [0.3, 0.4) is 0 Å². The van der Waals surface area contributed by atoms with Gasteiger partial charge >= 0.3 is 0 Å². The quantitative estimate of drug-likeness (QED) is 0.442. The van der Waals surface area contributed by atoms with Crippen molar-refractivity contribution in [2.24, 2.45) is 0 Å². The summed E-state index contributed by atoms with van der Waals surface area (Å²) in [6, 6.07) is 0. The Morgan fingerprint density at radius 2 is 2.20 bits per heavy atom. The highest BCUT2D eigenvalue weighted by Gasteiger charge is 2.18. The van der Waals surface area contributed by atoms with E-state index in [1.54, 1.807) is 0 Å². The van der Waals surface area contributed by atoms with Crippen LogP contribution in [0.25, 0.3) is 0 Å². The molecule has 88 valence electrons. The fourth-order valence-corrected chi connectivity index (χ4v) is 1.88. The van der Waals surface area contributed by atoms with Gasteiger partial charge in [0.2, 0.25) is 0 Å². The molecule has 4 nitrogen and oxygen atoms in total. The van der Waals surface area contributed by atoms with E-state index in [9.17, 15) is 0 Å². The van der Waals surface area contributed by atoms with E-state index in [1.165, 1.54) is 0 Å². The molecule has 1 aliphatic heterocycles. The van der Waals surface area contributed by atoms with Crippen molar-refractivity contribution in [1.29, 1.82) is 0 Å². The lowest BCUT2D eigenvalue weighted by molar-refractivity contribution is -0.0553. The fraction of sp³-hybridized carbons (Fsp3) is 0.889. The van der Waals surface area contributed by atoms with Crippen LogP contribution in [0.4, 0.5) is 0 Å². The van der Waals surface area contributed by atoms with Gasteiger partial charge in [0.15, 0.2) is 0 Å². The number of nitrogens with zero attached hydrogens (tertiary/aromatic N) is 2. The van der Waals surface area contributed by atoms with Crippen LogP contribution in [0.15, 0.2) is 0 Å². The molecular weight excluding hydrogens is 232 g/mol. The highest BCUT2D eigenvalue weighted by atomic mass is 32.1. The third-order valence-electron chi connectivity index (χ3n) is 2.20. The molecule has 1 aliphatic rings. The molecule has 1 heterocycles. The molecule has 6 heteroatoms. The van der Waals surface area contributed by atoms with E-state index >= 15 is 0 Å². The summed E-state index contributed by atoms with van der Waals surface area (Å²) in [5, 5.41) is 4.15. The number of ether oxygens (including phenoxy) is 2. The minimum Gasteiger partial charge on any atom is -0.380 e. The van der Waals surface area contributed by atoms with Gasteiger partial charge in [-0.05, 0) is 6.92 Å². The van der Waals surface area contributed by atoms with Crippen LogP contribution in [-0.4, -0.2) is 60.4 Å². The van der Waals surface area contributed by atoms with Crippen LogP contribution in [-0.2, 0) is 9.47 Å². The Kier molecular flexibility index (Phi) is 6.51. The molecule has 0 saturated carbocycles. The summed E-state index contributed by atoms with van der Waals surface area (Å²) in [7, 11) is 0. The van der Waals surface area contributed by atoms with Gasteiger partial charge in [-0.15, -0.1) is 12.6 Å². The molecule has 0 aromatic carbocycles. The van der Waals surface area contributed by atoms with Gasteiger partial charge in [0.25, 0.3) is 0 Å². The number of hydrogen-bond donors (Lipinski definition) is 1. The highest BCUT2D eigenvalue weighted by molar-refractivity contribution is 8.10. The first-order valence-corrected chi connectivity index (χ1v) is 6.02. The Bertz CT molecular complexity index is 199. The summed E-state index contributed by atoms with van der Waals surface area (Å²) >= 11 is 9.32. The van der Waals surface area contributed by atoms with E-state index in [0.29, 0.717) is 10.9 Å². The van der Waals surface area contributed by atoms with Crippen LogP contribution in [0.1, 0.15) is 6.92 Å². The number of hydrogen-bond acceptors (Lipinski definition) is 4. The number of thiol groups is 1. The van der Waals surface area contributed by atoms with E-state index in [-0.39, 0.29) is 0 Å². The zero-order valence-corrected chi connectivity index (χ0v) is 10.7. The van der Waals surface area contributed by atoms with Gasteiger partial charge in [-0.3, -0.25) is 5.01 Å². The van der Waals surface area contributed by atoms with E-state index in [1.807, 2.05) is 11.9 Å². The first kappa shape index (κ1) is 13.2. The van der Waals surface area contributed by atoms with Gasteiger partial charge in [0.05, 0.1) is 26.4 Å². The van der Waals surface area contributed by atoms with Crippen molar-refractivity contribution < 1.29 is 9.47 Å². The SMILES string of the molecule is CCOCCN(C(=S)S)N1CCOCC1. The van der Waals surface area contributed by atoms with Crippen LogP contribution in [0.5, 0.6) is 0 Å².